The molecule has 0 aromatic heterocycles. The number of hydrogen-bond donors (Lipinski definition) is 2. The predicted octanol–water partition coefficient (Wildman–Crippen LogP) is 2.95. The Bertz CT molecular complexity index is 468. The van der Waals surface area contributed by atoms with Crippen molar-refractivity contribution in [3.8, 4) is 0 Å². The van der Waals surface area contributed by atoms with E-state index in [2.05, 4.69) is 0 Å². The molecule has 0 aliphatic rings. The van der Waals surface area contributed by atoms with Gasteiger partial charge in [-0.3, -0.25) is 0 Å². The van der Waals surface area contributed by atoms with E-state index in [1.807, 2.05) is 0 Å². The average molecular weight is 271 g/mol. The molecule has 4 nitrogen and oxygen atoms in total. The van der Waals surface area contributed by atoms with Crippen LogP contribution in [0.15, 0.2) is 12.1 Å². The van der Waals surface area contributed by atoms with Crippen LogP contribution >= 0.6 is 11.6 Å². The summed E-state index contributed by atoms with van der Waals surface area (Å²) in [6.45, 7) is 1.67. The molecule has 0 aliphatic carbocycles. The minimum Gasteiger partial charge on any atom is -0.478 e. The van der Waals surface area contributed by atoms with Crippen molar-refractivity contribution in [2.45, 2.75) is 26.2 Å². The molecule has 0 fully saturated rings. The van der Waals surface area contributed by atoms with Gasteiger partial charge in [-0.1, -0.05) is 6.07 Å². The summed E-state index contributed by atoms with van der Waals surface area (Å²) in [6.07, 6.45) is 1.82. The summed E-state index contributed by atoms with van der Waals surface area (Å²) in [6, 6.07) is 2.98. The van der Waals surface area contributed by atoms with Gasteiger partial charge in [0.2, 0.25) is 0 Å². The topological polar surface area (TPSA) is 74.6 Å². The van der Waals surface area contributed by atoms with Gasteiger partial charge in [-0.2, -0.15) is 0 Å². The second kappa shape index (κ2) is 6.40. The zero-order valence-corrected chi connectivity index (χ0v) is 10.8. The Balaban J connectivity index is 3.25. The summed E-state index contributed by atoms with van der Waals surface area (Å²) in [7, 11) is 0. The van der Waals surface area contributed by atoms with Gasteiger partial charge >= 0.3 is 11.9 Å². The van der Waals surface area contributed by atoms with Crippen molar-refractivity contribution in [3.05, 3.63) is 34.4 Å². The van der Waals surface area contributed by atoms with Crippen molar-refractivity contribution in [2.75, 3.05) is 5.88 Å². The lowest BCUT2D eigenvalue weighted by atomic mass is 9.93. The lowest BCUT2D eigenvalue weighted by Crippen LogP contribution is -2.12. The number of rotatable bonds is 6. The molecule has 98 valence electrons. The fraction of sp³-hybridized carbons (Fsp3) is 0.385. The number of aryl methyl sites for hydroxylation is 1. The number of carbonyl (C=O) groups is 2. The Morgan fingerprint density at radius 3 is 2.33 bits per heavy atom. The average Bonchev–Trinajstić information content (AvgIpc) is 2.28. The van der Waals surface area contributed by atoms with Crippen LogP contribution in [0.3, 0.4) is 0 Å². The molecule has 0 unspecified atom stereocenters. The minimum atomic E-state index is -1.10. The maximum Gasteiger partial charge on any atom is 0.336 e. The summed E-state index contributed by atoms with van der Waals surface area (Å²) < 4.78 is 0. The highest BCUT2D eigenvalue weighted by Crippen LogP contribution is 2.22. The van der Waals surface area contributed by atoms with E-state index in [1.54, 1.807) is 6.92 Å². The molecular weight excluding hydrogens is 256 g/mol. The van der Waals surface area contributed by atoms with Crippen LogP contribution in [0.2, 0.25) is 0 Å². The van der Waals surface area contributed by atoms with Crippen molar-refractivity contribution in [1.29, 1.82) is 0 Å². The van der Waals surface area contributed by atoms with E-state index in [0.717, 1.165) is 6.42 Å². The molecule has 0 bridgehead atoms. The molecule has 0 atom stereocenters. The van der Waals surface area contributed by atoms with E-state index in [0.29, 0.717) is 29.8 Å². The number of benzene rings is 1. The molecule has 0 spiro atoms. The minimum absolute atomic E-state index is 0.0626. The Kier molecular flexibility index (Phi) is 5.16. The van der Waals surface area contributed by atoms with Crippen LogP contribution in [0, 0.1) is 6.92 Å². The van der Waals surface area contributed by atoms with Gasteiger partial charge in [0.15, 0.2) is 0 Å². The van der Waals surface area contributed by atoms with Gasteiger partial charge in [0, 0.05) is 5.88 Å². The lowest BCUT2D eigenvalue weighted by Gasteiger charge is -2.12. The molecule has 18 heavy (non-hydrogen) atoms. The zero-order valence-electron chi connectivity index (χ0n) is 10.1. The van der Waals surface area contributed by atoms with Crippen molar-refractivity contribution in [1.82, 2.24) is 0 Å². The van der Waals surface area contributed by atoms with Crippen LogP contribution in [0.25, 0.3) is 0 Å². The van der Waals surface area contributed by atoms with Crippen LogP contribution in [0.1, 0.15) is 44.7 Å². The fourth-order valence-corrected chi connectivity index (χ4v) is 2.11. The number of unbranched alkanes of at least 4 members (excludes halogenated alkanes) is 1. The van der Waals surface area contributed by atoms with Gasteiger partial charge in [-0.05, 0) is 43.4 Å². The molecule has 0 saturated carbocycles. The Morgan fingerprint density at radius 2 is 1.83 bits per heavy atom. The smallest absolute Gasteiger partial charge is 0.336 e. The quantitative estimate of drug-likeness (QED) is 0.616. The van der Waals surface area contributed by atoms with Crippen LogP contribution in [0.4, 0.5) is 0 Å². The summed E-state index contributed by atoms with van der Waals surface area (Å²) in [4.78, 5) is 22.4. The van der Waals surface area contributed by atoms with E-state index >= 15 is 0 Å². The predicted molar refractivity (Wildman–Crippen MR) is 68.8 cm³/mol. The van der Waals surface area contributed by atoms with E-state index in [1.165, 1.54) is 12.1 Å². The number of alkyl halides is 1. The Labute approximate surface area is 110 Å². The van der Waals surface area contributed by atoms with Gasteiger partial charge in [0.05, 0.1) is 11.1 Å². The van der Waals surface area contributed by atoms with Gasteiger partial charge in [0.25, 0.3) is 0 Å². The normalized spacial score (nSPS) is 10.3. The first kappa shape index (κ1) is 14.5. The molecule has 1 aromatic carbocycles. The molecule has 5 heteroatoms. The fourth-order valence-electron chi connectivity index (χ4n) is 1.92. The molecule has 0 amide bonds. The third-order valence-corrected chi connectivity index (χ3v) is 3.04. The summed E-state index contributed by atoms with van der Waals surface area (Å²) in [5, 5.41) is 18.3. The largest absolute Gasteiger partial charge is 0.478 e. The third-order valence-electron chi connectivity index (χ3n) is 2.78. The van der Waals surface area contributed by atoms with Crippen LogP contribution < -0.4 is 0 Å². The first-order valence-electron chi connectivity index (χ1n) is 5.64. The second-order valence-corrected chi connectivity index (χ2v) is 4.42. The van der Waals surface area contributed by atoms with Crippen molar-refractivity contribution in [3.63, 3.8) is 0 Å². The van der Waals surface area contributed by atoms with Gasteiger partial charge < -0.3 is 10.2 Å². The number of carboxylic acids is 2. The number of carboxylic acid groups (broad SMARTS) is 2. The van der Waals surface area contributed by atoms with Crippen LogP contribution in [0.5, 0.6) is 0 Å². The highest BCUT2D eigenvalue weighted by atomic mass is 35.5. The molecule has 0 radical (unpaired) electrons. The number of aromatic carboxylic acids is 2. The number of halogens is 1. The highest BCUT2D eigenvalue weighted by Gasteiger charge is 2.19. The third kappa shape index (κ3) is 3.23. The molecular formula is C13H15ClO4. The summed E-state index contributed by atoms with van der Waals surface area (Å²) >= 11 is 5.57. The van der Waals surface area contributed by atoms with E-state index in [9.17, 15) is 14.7 Å². The lowest BCUT2D eigenvalue weighted by molar-refractivity contribution is 0.0695. The summed E-state index contributed by atoms with van der Waals surface area (Å²) in [5.74, 6) is -1.70. The molecule has 0 saturated heterocycles. The summed E-state index contributed by atoms with van der Waals surface area (Å²) in [5.41, 5.74) is 1.13. The monoisotopic (exact) mass is 270 g/mol. The Hall–Kier alpha value is -1.55. The SMILES string of the molecule is Cc1ccc(C(=O)O)c(CCCCCl)c1C(=O)O. The second-order valence-electron chi connectivity index (χ2n) is 4.04. The maximum absolute atomic E-state index is 11.2. The zero-order chi connectivity index (χ0) is 13.7. The van der Waals surface area contributed by atoms with Crippen molar-refractivity contribution >= 4 is 23.5 Å². The first-order chi connectivity index (χ1) is 8.49. The first-order valence-corrected chi connectivity index (χ1v) is 6.17. The van der Waals surface area contributed by atoms with Gasteiger partial charge in [-0.25, -0.2) is 9.59 Å². The van der Waals surface area contributed by atoms with Crippen molar-refractivity contribution < 1.29 is 19.8 Å². The highest BCUT2D eigenvalue weighted by molar-refractivity contribution is 6.17. The molecule has 1 aromatic rings. The van der Waals surface area contributed by atoms with Crippen molar-refractivity contribution in [2.24, 2.45) is 0 Å². The Morgan fingerprint density at radius 1 is 1.17 bits per heavy atom. The van der Waals surface area contributed by atoms with E-state index < -0.39 is 11.9 Å². The van der Waals surface area contributed by atoms with E-state index in [4.69, 9.17) is 16.7 Å². The maximum atomic E-state index is 11.2. The van der Waals surface area contributed by atoms with Crippen LogP contribution in [-0.2, 0) is 6.42 Å². The van der Waals surface area contributed by atoms with Gasteiger partial charge in [-0.15, -0.1) is 11.6 Å². The molecule has 1 rings (SSSR count). The van der Waals surface area contributed by atoms with E-state index in [-0.39, 0.29) is 11.1 Å². The number of hydrogen-bond acceptors (Lipinski definition) is 2. The molecule has 0 heterocycles. The molecule has 2 N–H and O–H groups in total. The molecule has 0 aliphatic heterocycles. The van der Waals surface area contributed by atoms with Gasteiger partial charge in [0.1, 0.15) is 0 Å². The van der Waals surface area contributed by atoms with Crippen LogP contribution in [-0.4, -0.2) is 28.0 Å². The standard InChI is InChI=1S/C13H15ClO4/c1-8-5-6-10(12(15)16)9(4-2-3-7-14)11(8)13(17)18/h5-6H,2-4,7H2,1H3,(H,15,16)(H,17,18).